The SMILES string of the molecule is CCOc1c(Cc2ccccc2)cc(Cl)cc1CC(C)N.Cl. The molecule has 2 aromatic carbocycles. The minimum Gasteiger partial charge on any atom is -0.493 e. The van der Waals surface area contributed by atoms with Crippen molar-refractivity contribution in [1.29, 1.82) is 0 Å². The summed E-state index contributed by atoms with van der Waals surface area (Å²) in [4.78, 5) is 0. The van der Waals surface area contributed by atoms with Gasteiger partial charge in [-0.1, -0.05) is 41.9 Å². The summed E-state index contributed by atoms with van der Waals surface area (Å²) in [6.07, 6.45) is 1.57. The summed E-state index contributed by atoms with van der Waals surface area (Å²) in [6, 6.07) is 14.4. The van der Waals surface area contributed by atoms with E-state index < -0.39 is 0 Å². The molecule has 2 aromatic rings. The zero-order valence-electron chi connectivity index (χ0n) is 13.0. The van der Waals surface area contributed by atoms with E-state index in [0.717, 1.165) is 34.7 Å². The summed E-state index contributed by atoms with van der Waals surface area (Å²) in [6.45, 7) is 4.62. The second kappa shape index (κ2) is 9.04. The number of hydrogen-bond acceptors (Lipinski definition) is 2. The maximum Gasteiger partial charge on any atom is 0.126 e. The molecule has 0 saturated carbocycles. The zero-order valence-corrected chi connectivity index (χ0v) is 14.6. The summed E-state index contributed by atoms with van der Waals surface area (Å²) >= 11 is 6.28. The molecule has 0 fully saturated rings. The van der Waals surface area contributed by atoms with Gasteiger partial charge in [-0.3, -0.25) is 0 Å². The largest absolute Gasteiger partial charge is 0.493 e. The molecular weight excluding hydrogens is 317 g/mol. The van der Waals surface area contributed by atoms with Gasteiger partial charge in [-0.25, -0.2) is 0 Å². The molecule has 1 atom stereocenters. The third kappa shape index (κ3) is 5.20. The molecule has 4 heteroatoms. The lowest BCUT2D eigenvalue weighted by Gasteiger charge is -2.17. The average Bonchev–Trinajstić information content (AvgIpc) is 2.43. The molecule has 0 amide bonds. The molecule has 0 aliphatic heterocycles. The normalized spacial score (nSPS) is 11.6. The van der Waals surface area contributed by atoms with Gasteiger partial charge in [0.2, 0.25) is 0 Å². The average molecular weight is 340 g/mol. The second-order valence-corrected chi connectivity index (χ2v) is 5.77. The fraction of sp³-hybridized carbons (Fsp3) is 0.333. The summed E-state index contributed by atoms with van der Waals surface area (Å²) in [7, 11) is 0. The molecule has 120 valence electrons. The van der Waals surface area contributed by atoms with E-state index >= 15 is 0 Å². The number of nitrogens with two attached hydrogens (primary N) is 1. The Bertz CT molecular complexity index is 585. The van der Waals surface area contributed by atoms with Crippen LogP contribution >= 0.6 is 24.0 Å². The first-order chi connectivity index (χ1) is 10.1. The molecule has 0 aliphatic rings. The molecule has 0 aliphatic carbocycles. The highest BCUT2D eigenvalue weighted by Gasteiger charge is 2.13. The minimum atomic E-state index is 0. The third-order valence-corrected chi connectivity index (χ3v) is 3.49. The first kappa shape index (κ1) is 18.8. The van der Waals surface area contributed by atoms with E-state index in [0.29, 0.717) is 6.61 Å². The number of hydrogen-bond donors (Lipinski definition) is 1. The predicted molar refractivity (Wildman–Crippen MR) is 96.5 cm³/mol. The van der Waals surface area contributed by atoms with Gasteiger partial charge in [-0.05, 0) is 43.5 Å². The maximum absolute atomic E-state index is 6.28. The molecule has 2 nitrogen and oxygen atoms in total. The van der Waals surface area contributed by atoms with E-state index in [1.165, 1.54) is 5.56 Å². The van der Waals surface area contributed by atoms with Crippen LogP contribution in [0, 0.1) is 0 Å². The molecule has 0 saturated heterocycles. The van der Waals surface area contributed by atoms with Crippen LogP contribution in [-0.2, 0) is 12.8 Å². The van der Waals surface area contributed by atoms with Crippen LogP contribution in [0.4, 0.5) is 0 Å². The van der Waals surface area contributed by atoms with Gasteiger partial charge in [-0.2, -0.15) is 0 Å². The molecular formula is C18H23Cl2NO. The Labute approximate surface area is 144 Å². The Morgan fingerprint density at radius 1 is 1.14 bits per heavy atom. The fourth-order valence-electron chi connectivity index (χ4n) is 2.49. The third-order valence-electron chi connectivity index (χ3n) is 3.28. The van der Waals surface area contributed by atoms with Gasteiger partial charge >= 0.3 is 0 Å². The molecule has 0 bridgehead atoms. The molecule has 0 spiro atoms. The minimum absolute atomic E-state index is 0. The van der Waals surface area contributed by atoms with E-state index in [1.54, 1.807) is 0 Å². The highest BCUT2D eigenvalue weighted by atomic mass is 35.5. The fourth-order valence-corrected chi connectivity index (χ4v) is 2.75. The summed E-state index contributed by atoms with van der Waals surface area (Å²) < 4.78 is 5.88. The van der Waals surface area contributed by atoms with Crippen molar-refractivity contribution < 1.29 is 4.74 Å². The first-order valence-corrected chi connectivity index (χ1v) is 7.71. The van der Waals surface area contributed by atoms with Crippen LogP contribution in [0.25, 0.3) is 0 Å². The molecule has 0 radical (unpaired) electrons. The number of ether oxygens (including phenoxy) is 1. The molecule has 22 heavy (non-hydrogen) atoms. The molecule has 0 aromatic heterocycles. The van der Waals surface area contributed by atoms with E-state index in [9.17, 15) is 0 Å². The lowest BCUT2D eigenvalue weighted by atomic mass is 9.98. The van der Waals surface area contributed by atoms with Crippen molar-refractivity contribution in [2.75, 3.05) is 6.61 Å². The summed E-state index contributed by atoms with van der Waals surface area (Å²) in [5.41, 5.74) is 9.39. The highest BCUT2D eigenvalue weighted by molar-refractivity contribution is 6.30. The molecule has 0 heterocycles. The van der Waals surface area contributed by atoms with Crippen molar-refractivity contribution in [2.24, 2.45) is 5.73 Å². The Morgan fingerprint density at radius 3 is 2.36 bits per heavy atom. The molecule has 1 unspecified atom stereocenters. The van der Waals surface area contributed by atoms with Crippen LogP contribution in [-0.4, -0.2) is 12.6 Å². The van der Waals surface area contributed by atoms with Gasteiger partial charge in [0.1, 0.15) is 5.75 Å². The second-order valence-electron chi connectivity index (χ2n) is 5.33. The van der Waals surface area contributed by atoms with Crippen LogP contribution in [0.5, 0.6) is 5.75 Å². The topological polar surface area (TPSA) is 35.2 Å². The quantitative estimate of drug-likeness (QED) is 0.831. The summed E-state index contributed by atoms with van der Waals surface area (Å²) in [5, 5.41) is 0.736. The van der Waals surface area contributed by atoms with Crippen LogP contribution in [0.15, 0.2) is 42.5 Å². The molecule has 2 rings (SSSR count). The van der Waals surface area contributed by atoms with Gasteiger partial charge < -0.3 is 10.5 Å². The van der Waals surface area contributed by atoms with Crippen molar-refractivity contribution in [3.8, 4) is 5.75 Å². The Kier molecular flexibility index (Phi) is 7.74. The van der Waals surface area contributed by atoms with E-state index in [-0.39, 0.29) is 18.4 Å². The van der Waals surface area contributed by atoms with E-state index in [1.807, 2.05) is 44.2 Å². The van der Waals surface area contributed by atoms with Crippen molar-refractivity contribution in [3.63, 3.8) is 0 Å². The van der Waals surface area contributed by atoms with Crippen molar-refractivity contribution >= 4 is 24.0 Å². The summed E-state index contributed by atoms with van der Waals surface area (Å²) in [5.74, 6) is 0.933. The smallest absolute Gasteiger partial charge is 0.126 e. The molecule has 2 N–H and O–H groups in total. The van der Waals surface area contributed by atoms with Gasteiger partial charge in [0.25, 0.3) is 0 Å². The number of rotatable bonds is 6. The number of halogens is 2. The van der Waals surface area contributed by atoms with E-state index in [4.69, 9.17) is 22.1 Å². The lowest BCUT2D eigenvalue weighted by molar-refractivity contribution is 0.332. The van der Waals surface area contributed by atoms with Gasteiger partial charge in [0, 0.05) is 23.0 Å². The van der Waals surface area contributed by atoms with E-state index in [2.05, 4.69) is 12.1 Å². The highest BCUT2D eigenvalue weighted by Crippen LogP contribution is 2.31. The lowest BCUT2D eigenvalue weighted by Crippen LogP contribution is -2.18. The number of benzene rings is 2. The Hall–Kier alpha value is -1.22. The van der Waals surface area contributed by atoms with Crippen LogP contribution in [0.1, 0.15) is 30.5 Å². The van der Waals surface area contributed by atoms with Crippen molar-refractivity contribution in [3.05, 3.63) is 64.2 Å². The maximum atomic E-state index is 6.28. The van der Waals surface area contributed by atoms with Gasteiger partial charge in [0.05, 0.1) is 6.61 Å². The van der Waals surface area contributed by atoms with Gasteiger partial charge in [-0.15, -0.1) is 12.4 Å². The Balaban J connectivity index is 0.00000242. The van der Waals surface area contributed by atoms with Crippen molar-refractivity contribution in [1.82, 2.24) is 0 Å². The Morgan fingerprint density at radius 2 is 1.77 bits per heavy atom. The van der Waals surface area contributed by atoms with Crippen LogP contribution in [0.3, 0.4) is 0 Å². The first-order valence-electron chi connectivity index (χ1n) is 7.33. The predicted octanol–water partition coefficient (Wildman–Crippen LogP) is 4.64. The van der Waals surface area contributed by atoms with Crippen molar-refractivity contribution in [2.45, 2.75) is 32.7 Å². The van der Waals surface area contributed by atoms with Crippen LogP contribution < -0.4 is 10.5 Å². The monoisotopic (exact) mass is 339 g/mol. The zero-order chi connectivity index (χ0) is 15.2. The van der Waals surface area contributed by atoms with Crippen LogP contribution in [0.2, 0.25) is 5.02 Å². The van der Waals surface area contributed by atoms with Gasteiger partial charge in [0.15, 0.2) is 0 Å². The standard InChI is InChI=1S/C18H22ClNO.ClH/c1-3-21-18-15(9-13(2)20)11-17(19)12-16(18)10-14-7-5-4-6-8-14;/h4-8,11-13H,3,9-10,20H2,1-2H3;1H.